The highest BCUT2D eigenvalue weighted by molar-refractivity contribution is 9.10. The molecule has 0 radical (unpaired) electrons. The van der Waals surface area contributed by atoms with E-state index in [0.29, 0.717) is 17.4 Å². The third-order valence-electron chi connectivity index (χ3n) is 3.23. The third-order valence-corrected chi connectivity index (χ3v) is 3.89. The molecule has 1 atom stereocenters. The minimum atomic E-state index is -1.04. The molecule has 4 nitrogen and oxygen atoms in total. The highest BCUT2D eigenvalue weighted by Gasteiger charge is 2.34. The monoisotopic (exact) mass is 329 g/mol. The van der Waals surface area contributed by atoms with Gasteiger partial charge < -0.3 is 10.0 Å². The normalized spacial score (nSPS) is 19.3. The molecule has 0 spiro atoms. The molecule has 0 aromatic heterocycles. The molecule has 0 aliphatic carbocycles. The summed E-state index contributed by atoms with van der Waals surface area (Å²) in [5.74, 6) is -2.26. The standard InChI is InChI=1S/C13H13BrFNO3/c14-8-4-3-5-9(15)11(8)12(17)16-7-2-1-6-10(16)13(18)19/h3-5,10H,1-2,6-7H2,(H,18,19). The van der Waals surface area contributed by atoms with E-state index >= 15 is 0 Å². The molecule has 1 aliphatic heterocycles. The molecule has 1 aromatic rings. The molecular weight excluding hydrogens is 317 g/mol. The SMILES string of the molecule is O=C(O)C1CCCCN1C(=O)c1c(F)cccc1Br. The summed E-state index contributed by atoms with van der Waals surface area (Å²) in [4.78, 5) is 24.8. The van der Waals surface area contributed by atoms with Gasteiger partial charge in [0.15, 0.2) is 0 Å². The van der Waals surface area contributed by atoms with Gasteiger partial charge in [0.25, 0.3) is 5.91 Å². The lowest BCUT2D eigenvalue weighted by Gasteiger charge is -2.33. The number of hydrogen-bond donors (Lipinski definition) is 1. The van der Waals surface area contributed by atoms with E-state index in [1.54, 1.807) is 6.07 Å². The van der Waals surface area contributed by atoms with E-state index in [-0.39, 0.29) is 5.56 Å². The summed E-state index contributed by atoms with van der Waals surface area (Å²) in [7, 11) is 0. The highest BCUT2D eigenvalue weighted by Crippen LogP contribution is 2.25. The Bertz CT molecular complexity index is 500. The Morgan fingerprint density at radius 1 is 1.37 bits per heavy atom. The molecule has 1 aromatic carbocycles. The van der Waals surface area contributed by atoms with E-state index in [2.05, 4.69) is 15.9 Å². The fourth-order valence-electron chi connectivity index (χ4n) is 2.28. The van der Waals surface area contributed by atoms with Crippen LogP contribution in [-0.2, 0) is 4.79 Å². The first-order valence-corrected chi connectivity index (χ1v) is 6.79. The van der Waals surface area contributed by atoms with Gasteiger partial charge in [-0.2, -0.15) is 0 Å². The topological polar surface area (TPSA) is 57.6 Å². The molecule has 1 N–H and O–H groups in total. The molecule has 102 valence electrons. The Hall–Kier alpha value is -1.43. The molecule has 1 amide bonds. The predicted molar refractivity (Wildman–Crippen MR) is 70.4 cm³/mol. The van der Waals surface area contributed by atoms with Crippen molar-refractivity contribution in [1.82, 2.24) is 4.90 Å². The van der Waals surface area contributed by atoms with Gasteiger partial charge in [-0.05, 0) is 47.3 Å². The quantitative estimate of drug-likeness (QED) is 0.907. The van der Waals surface area contributed by atoms with Crippen molar-refractivity contribution in [1.29, 1.82) is 0 Å². The second-order valence-corrected chi connectivity index (χ2v) is 5.30. The predicted octanol–water partition coefficient (Wildman–Crippen LogP) is 2.67. The number of hydrogen-bond acceptors (Lipinski definition) is 2. The second-order valence-electron chi connectivity index (χ2n) is 4.45. The van der Waals surface area contributed by atoms with Crippen LogP contribution in [0, 0.1) is 5.82 Å². The van der Waals surface area contributed by atoms with Gasteiger partial charge in [0, 0.05) is 11.0 Å². The zero-order valence-corrected chi connectivity index (χ0v) is 11.7. The fraction of sp³-hybridized carbons (Fsp3) is 0.385. The average Bonchev–Trinajstić information content (AvgIpc) is 2.38. The Balaban J connectivity index is 2.34. The first-order valence-electron chi connectivity index (χ1n) is 6.00. The van der Waals surface area contributed by atoms with Crippen molar-refractivity contribution in [3.05, 3.63) is 34.1 Å². The number of amides is 1. The number of piperidine rings is 1. The van der Waals surface area contributed by atoms with Crippen molar-refractivity contribution < 1.29 is 19.1 Å². The average molecular weight is 330 g/mol. The van der Waals surface area contributed by atoms with Crippen molar-refractivity contribution >= 4 is 27.8 Å². The van der Waals surface area contributed by atoms with Crippen LogP contribution in [0.2, 0.25) is 0 Å². The van der Waals surface area contributed by atoms with E-state index in [9.17, 15) is 14.0 Å². The Morgan fingerprint density at radius 3 is 2.74 bits per heavy atom. The first kappa shape index (κ1) is 14.0. The summed E-state index contributed by atoms with van der Waals surface area (Å²) in [6.07, 6.45) is 1.91. The molecule has 1 aliphatic rings. The van der Waals surface area contributed by atoms with Gasteiger partial charge in [-0.25, -0.2) is 9.18 Å². The van der Waals surface area contributed by atoms with E-state index in [4.69, 9.17) is 5.11 Å². The summed E-state index contributed by atoms with van der Waals surface area (Å²) in [6.45, 7) is 0.344. The minimum Gasteiger partial charge on any atom is -0.480 e. The van der Waals surface area contributed by atoms with Crippen LogP contribution in [0.15, 0.2) is 22.7 Å². The lowest BCUT2D eigenvalue weighted by molar-refractivity contribution is -0.143. The number of carboxylic acid groups (broad SMARTS) is 1. The van der Waals surface area contributed by atoms with Crippen LogP contribution in [-0.4, -0.2) is 34.5 Å². The van der Waals surface area contributed by atoms with E-state index < -0.39 is 23.7 Å². The number of rotatable bonds is 2. The molecule has 1 fully saturated rings. The number of halogens is 2. The maximum absolute atomic E-state index is 13.8. The van der Waals surface area contributed by atoms with Crippen LogP contribution in [0.5, 0.6) is 0 Å². The largest absolute Gasteiger partial charge is 0.480 e. The Labute approximate surface area is 118 Å². The maximum Gasteiger partial charge on any atom is 0.326 e. The van der Waals surface area contributed by atoms with Crippen LogP contribution in [0.3, 0.4) is 0 Å². The summed E-state index contributed by atoms with van der Waals surface area (Å²) in [5, 5.41) is 9.14. The zero-order chi connectivity index (χ0) is 14.0. The number of carbonyl (C=O) groups excluding carboxylic acids is 1. The molecule has 1 unspecified atom stereocenters. The van der Waals surface area contributed by atoms with Crippen LogP contribution < -0.4 is 0 Å². The van der Waals surface area contributed by atoms with E-state index in [1.165, 1.54) is 17.0 Å². The van der Waals surface area contributed by atoms with Gasteiger partial charge in [0.05, 0.1) is 5.56 Å². The van der Waals surface area contributed by atoms with Crippen molar-refractivity contribution in [2.45, 2.75) is 25.3 Å². The summed E-state index contributed by atoms with van der Waals surface area (Å²) in [5.41, 5.74) is -0.101. The van der Waals surface area contributed by atoms with Crippen molar-refractivity contribution in [2.75, 3.05) is 6.54 Å². The molecule has 19 heavy (non-hydrogen) atoms. The van der Waals surface area contributed by atoms with Crippen molar-refractivity contribution in [3.63, 3.8) is 0 Å². The van der Waals surface area contributed by atoms with Gasteiger partial charge in [0.2, 0.25) is 0 Å². The smallest absolute Gasteiger partial charge is 0.326 e. The number of likely N-dealkylation sites (tertiary alicyclic amines) is 1. The number of benzene rings is 1. The fourth-order valence-corrected chi connectivity index (χ4v) is 2.79. The lowest BCUT2D eigenvalue weighted by atomic mass is 10.0. The Kier molecular flexibility index (Phi) is 4.19. The van der Waals surface area contributed by atoms with Gasteiger partial charge in [-0.15, -0.1) is 0 Å². The molecule has 1 saturated heterocycles. The molecular formula is C13H13BrFNO3. The molecule has 0 bridgehead atoms. The van der Waals surface area contributed by atoms with Gasteiger partial charge in [0.1, 0.15) is 11.9 Å². The number of carbonyl (C=O) groups is 2. The van der Waals surface area contributed by atoms with E-state index in [1.807, 2.05) is 0 Å². The van der Waals surface area contributed by atoms with E-state index in [0.717, 1.165) is 12.8 Å². The number of nitrogens with zero attached hydrogens (tertiary/aromatic N) is 1. The van der Waals surface area contributed by atoms with Gasteiger partial charge in [-0.1, -0.05) is 6.07 Å². The summed E-state index contributed by atoms with van der Waals surface area (Å²) in [6, 6.07) is 3.38. The van der Waals surface area contributed by atoms with Crippen LogP contribution in [0.4, 0.5) is 4.39 Å². The highest BCUT2D eigenvalue weighted by atomic mass is 79.9. The molecule has 2 rings (SSSR count). The minimum absolute atomic E-state index is 0.101. The van der Waals surface area contributed by atoms with Gasteiger partial charge in [-0.3, -0.25) is 4.79 Å². The Morgan fingerprint density at radius 2 is 2.11 bits per heavy atom. The number of carboxylic acids is 1. The van der Waals surface area contributed by atoms with Crippen molar-refractivity contribution in [3.8, 4) is 0 Å². The zero-order valence-electron chi connectivity index (χ0n) is 10.1. The third kappa shape index (κ3) is 2.78. The van der Waals surface area contributed by atoms with Gasteiger partial charge >= 0.3 is 5.97 Å². The molecule has 0 saturated carbocycles. The maximum atomic E-state index is 13.8. The lowest BCUT2D eigenvalue weighted by Crippen LogP contribution is -2.48. The number of aliphatic carboxylic acids is 1. The second kappa shape index (κ2) is 5.69. The summed E-state index contributed by atoms with van der Waals surface area (Å²) < 4.78 is 14.1. The molecule has 1 heterocycles. The van der Waals surface area contributed by atoms with Crippen LogP contribution in [0.25, 0.3) is 0 Å². The summed E-state index contributed by atoms with van der Waals surface area (Å²) >= 11 is 3.14. The van der Waals surface area contributed by atoms with Crippen LogP contribution >= 0.6 is 15.9 Å². The van der Waals surface area contributed by atoms with Crippen molar-refractivity contribution in [2.24, 2.45) is 0 Å². The molecule has 6 heteroatoms. The van der Waals surface area contributed by atoms with Crippen LogP contribution in [0.1, 0.15) is 29.6 Å². The first-order chi connectivity index (χ1) is 9.02.